The van der Waals surface area contributed by atoms with E-state index in [1.165, 1.54) is 0 Å². The molecule has 0 bridgehead atoms. The van der Waals surface area contributed by atoms with Gasteiger partial charge in [-0.1, -0.05) is 44.2 Å². The van der Waals surface area contributed by atoms with Crippen molar-refractivity contribution in [3.05, 3.63) is 35.9 Å². The highest BCUT2D eigenvalue weighted by Gasteiger charge is 2.29. The van der Waals surface area contributed by atoms with Gasteiger partial charge >= 0.3 is 18.2 Å². The Kier molecular flexibility index (Phi) is 17.3. The van der Waals surface area contributed by atoms with E-state index in [0.29, 0.717) is 19.4 Å². The van der Waals surface area contributed by atoms with Gasteiger partial charge in [0.1, 0.15) is 29.9 Å². The molecule has 0 aliphatic heterocycles. The van der Waals surface area contributed by atoms with Crippen molar-refractivity contribution < 1.29 is 43.0 Å². The van der Waals surface area contributed by atoms with Crippen molar-refractivity contribution in [2.45, 2.75) is 124 Å². The van der Waals surface area contributed by atoms with E-state index in [0.717, 1.165) is 5.56 Å². The minimum atomic E-state index is -0.993. The van der Waals surface area contributed by atoms with Crippen LogP contribution in [0, 0.1) is 5.92 Å². The normalized spacial score (nSPS) is 12.6. The molecule has 1 aromatic carbocycles. The minimum absolute atomic E-state index is 0.0253. The summed E-state index contributed by atoms with van der Waals surface area (Å²) in [7, 11) is 0. The van der Waals surface area contributed by atoms with E-state index in [-0.39, 0.29) is 38.2 Å². The Labute approximate surface area is 277 Å². The number of ether oxygens (including phenoxy) is 3. The van der Waals surface area contributed by atoms with Crippen LogP contribution in [0.2, 0.25) is 0 Å². The van der Waals surface area contributed by atoms with E-state index in [2.05, 4.69) is 26.8 Å². The van der Waals surface area contributed by atoms with Gasteiger partial charge < -0.3 is 30.2 Å². The standard InChI is InChI=1S/C33H53N5O9/c1-22(2)27(36-25(39)18-14-19-26(40)37-38-31(44)47-33(6,7)8)28(41)35-24(29(42)45-21-23-15-10-9-11-16-23)17-12-13-20-34-30(43)46-32(3,4)5/h9-11,15-16,22,24,27H,12-14,17-21H2,1-8H3,(H,34,43)(H,35,41)(H,36,39)(H,37,40)(H,38,44). The molecule has 0 aliphatic carbocycles. The topological polar surface area (TPSA) is 190 Å². The van der Waals surface area contributed by atoms with Gasteiger partial charge in [0.15, 0.2) is 0 Å². The largest absolute Gasteiger partial charge is 0.459 e. The second-order valence-corrected chi connectivity index (χ2v) is 13.4. The molecule has 5 amide bonds. The summed E-state index contributed by atoms with van der Waals surface area (Å²) in [4.78, 5) is 74.7. The summed E-state index contributed by atoms with van der Waals surface area (Å²) >= 11 is 0. The lowest BCUT2D eigenvalue weighted by atomic mass is 10.0. The number of alkyl carbamates (subject to hydrolysis) is 1. The number of amides is 5. The number of unbranched alkanes of at least 4 members (excludes halogenated alkanes) is 1. The van der Waals surface area contributed by atoms with Crippen LogP contribution in [0.15, 0.2) is 30.3 Å². The van der Waals surface area contributed by atoms with E-state index in [4.69, 9.17) is 14.2 Å². The quantitative estimate of drug-likeness (QED) is 0.0758. The third-order valence-electron chi connectivity index (χ3n) is 6.19. The molecule has 0 heterocycles. The fourth-order valence-corrected chi connectivity index (χ4v) is 3.99. The Morgan fingerprint density at radius 1 is 0.723 bits per heavy atom. The number of carbonyl (C=O) groups excluding carboxylic acids is 6. The maximum atomic E-state index is 13.3. The van der Waals surface area contributed by atoms with Crippen LogP contribution in [-0.4, -0.2) is 65.7 Å². The van der Waals surface area contributed by atoms with Gasteiger partial charge in [0.2, 0.25) is 17.7 Å². The molecule has 264 valence electrons. The third-order valence-corrected chi connectivity index (χ3v) is 6.19. The summed E-state index contributed by atoms with van der Waals surface area (Å²) in [5, 5.41) is 8.09. The number of hydrazine groups is 1. The Balaban J connectivity index is 2.71. The van der Waals surface area contributed by atoms with Gasteiger partial charge in [0, 0.05) is 19.4 Å². The van der Waals surface area contributed by atoms with Gasteiger partial charge in [-0.3, -0.25) is 19.8 Å². The van der Waals surface area contributed by atoms with Crippen LogP contribution < -0.4 is 26.8 Å². The molecular formula is C33H53N5O9. The first kappa shape index (κ1) is 40.7. The average Bonchev–Trinajstić information content (AvgIpc) is 2.95. The number of carbonyl (C=O) groups is 6. The van der Waals surface area contributed by atoms with E-state index in [1.54, 1.807) is 55.4 Å². The Morgan fingerprint density at radius 3 is 1.91 bits per heavy atom. The fourth-order valence-electron chi connectivity index (χ4n) is 3.99. The molecule has 5 N–H and O–H groups in total. The van der Waals surface area contributed by atoms with Crippen LogP contribution in [-0.2, 0) is 40.0 Å². The van der Waals surface area contributed by atoms with Crippen molar-refractivity contribution in [3.63, 3.8) is 0 Å². The molecule has 1 aromatic rings. The van der Waals surface area contributed by atoms with E-state index in [9.17, 15) is 28.8 Å². The average molecular weight is 664 g/mol. The highest BCUT2D eigenvalue weighted by Crippen LogP contribution is 2.11. The summed E-state index contributed by atoms with van der Waals surface area (Å²) in [5.41, 5.74) is 3.79. The molecule has 47 heavy (non-hydrogen) atoms. The zero-order chi connectivity index (χ0) is 35.6. The zero-order valence-corrected chi connectivity index (χ0v) is 28.9. The molecule has 0 saturated carbocycles. The SMILES string of the molecule is CC(C)C(NC(=O)CCCC(=O)NNC(=O)OC(C)(C)C)C(=O)NC(CCCCNC(=O)OC(C)(C)C)C(=O)OCc1ccccc1. The van der Waals surface area contributed by atoms with Crippen molar-refractivity contribution in [1.82, 2.24) is 26.8 Å². The maximum Gasteiger partial charge on any atom is 0.426 e. The molecule has 0 aliphatic rings. The van der Waals surface area contributed by atoms with Crippen molar-refractivity contribution in [2.75, 3.05) is 6.54 Å². The first-order valence-electron chi connectivity index (χ1n) is 15.9. The van der Waals surface area contributed by atoms with E-state index in [1.807, 2.05) is 30.3 Å². The highest BCUT2D eigenvalue weighted by molar-refractivity contribution is 5.91. The molecule has 14 heteroatoms. The van der Waals surface area contributed by atoms with Crippen molar-refractivity contribution in [3.8, 4) is 0 Å². The van der Waals surface area contributed by atoms with Crippen LogP contribution >= 0.6 is 0 Å². The van der Waals surface area contributed by atoms with Gasteiger partial charge in [0.05, 0.1) is 0 Å². The highest BCUT2D eigenvalue weighted by atomic mass is 16.6. The van der Waals surface area contributed by atoms with Gasteiger partial charge in [-0.15, -0.1) is 0 Å². The monoisotopic (exact) mass is 663 g/mol. The van der Waals surface area contributed by atoms with Gasteiger partial charge in [-0.25, -0.2) is 19.8 Å². The van der Waals surface area contributed by atoms with Crippen molar-refractivity contribution in [1.29, 1.82) is 0 Å². The maximum absolute atomic E-state index is 13.3. The molecule has 0 aromatic heterocycles. The molecule has 2 unspecified atom stereocenters. The minimum Gasteiger partial charge on any atom is -0.459 e. The first-order valence-corrected chi connectivity index (χ1v) is 15.9. The number of hydrogen-bond donors (Lipinski definition) is 5. The molecule has 1 rings (SSSR count). The number of hydrogen-bond acceptors (Lipinski definition) is 9. The van der Waals surface area contributed by atoms with E-state index >= 15 is 0 Å². The van der Waals surface area contributed by atoms with E-state index < -0.39 is 59.2 Å². The van der Waals surface area contributed by atoms with Crippen LogP contribution in [0.25, 0.3) is 0 Å². The Morgan fingerprint density at radius 2 is 1.32 bits per heavy atom. The Bertz CT molecular complexity index is 1180. The predicted octanol–water partition coefficient (Wildman–Crippen LogP) is 3.78. The first-order chi connectivity index (χ1) is 21.9. The zero-order valence-electron chi connectivity index (χ0n) is 28.9. The number of rotatable bonds is 16. The third kappa shape index (κ3) is 19.7. The number of esters is 1. The van der Waals surface area contributed by atoms with Crippen LogP contribution in [0.1, 0.15) is 99.5 Å². The summed E-state index contributed by atoms with van der Waals surface area (Å²) in [6.45, 7) is 14.2. The summed E-state index contributed by atoms with van der Waals surface area (Å²) in [5.74, 6) is -2.47. The molecule has 0 fully saturated rings. The van der Waals surface area contributed by atoms with Crippen molar-refractivity contribution in [2.24, 2.45) is 5.92 Å². The second-order valence-electron chi connectivity index (χ2n) is 13.4. The number of nitrogens with one attached hydrogen (secondary N) is 5. The van der Waals surface area contributed by atoms with Crippen LogP contribution in [0.3, 0.4) is 0 Å². The fraction of sp³-hybridized carbons (Fsp3) is 0.636. The molecular weight excluding hydrogens is 610 g/mol. The van der Waals surface area contributed by atoms with Crippen molar-refractivity contribution >= 4 is 35.9 Å². The second kappa shape index (κ2) is 20.0. The molecule has 2 atom stereocenters. The summed E-state index contributed by atoms with van der Waals surface area (Å²) in [6, 6.07) is 7.17. The number of benzene rings is 1. The lowest BCUT2D eigenvalue weighted by molar-refractivity contribution is -0.149. The van der Waals surface area contributed by atoms with Crippen LogP contribution in [0.4, 0.5) is 9.59 Å². The lowest BCUT2D eigenvalue weighted by Gasteiger charge is -2.25. The molecule has 0 spiro atoms. The molecule has 0 radical (unpaired) electrons. The van der Waals surface area contributed by atoms with Gasteiger partial charge in [0.25, 0.3) is 0 Å². The summed E-state index contributed by atoms with van der Waals surface area (Å²) < 4.78 is 15.8. The molecule has 0 saturated heterocycles. The predicted molar refractivity (Wildman–Crippen MR) is 174 cm³/mol. The van der Waals surface area contributed by atoms with Crippen LogP contribution in [0.5, 0.6) is 0 Å². The van der Waals surface area contributed by atoms with Gasteiger partial charge in [-0.05, 0) is 78.7 Å². The molecule has 14 nitrogen and oxygen atoms in total. The Hall–Kier alpha value is -4.36. The summed E-state index contributed by atoms with van der Waals surface area (Å²) in [6.07, 6.45) is -0.0732. The lowest BCUT2D eigenvalue weighted by Crippen LogP contribution is -2.54. The smallest absolute Gasteiger partial charge is 0.426 e. The van der Waals surface area contributed by atoms with Gasteiger partial charge in [-0.2, -0.15) is 0 Å².